The third kappa shape index (κ3) is 3.37. The summed E-state index contributed by atoms with van der Waals surface area (Å²) in [6.07, 6.45) is 0.722. The van der Waals surface area contributed by atoms with Crippen LogP contribution in [-0.4, -0.2) is 32.9 Å². The van der Waals surface area contributed by atoms with E-state index in [4.69, 9.17) is 16.3 Å². The van der Waals surface area contributed by atoms with Gasteiger partial charge in [0.05, 0.1) is 18.2 Å². The molecule has 0 aromatic carbocycles. The highest BCUT2D eigenvalue weighted by Crippen LogP contribution is 2.19. The molecule has 0 radical (unpaired) electrons. The van der Waals surface area contributed by atoms with E-state index in [1.807, 2.05) is 0 Å². The fourth-order valence-corrected chi connectivity index (χ4v) is 1.56. The molecule has 2 atom stereocenters. The molecule has 1 aliphatic rings. The summed E-state index contributed by atoms with van der Waals surface area (Å²) in [5.41, 5.74) is 0. The first-order valence-corrected chi connectivity index (χ1v) is 5.36. The molecule has 4 nitrogen and oxygen atoms in total. The van der Waals surface area contributed by atoms with Crippen molar-refractivity contribution >= 4 is 21.7 Å². The normalized spacial score (nSPS) is 32.5. The van der Waals surface area contributed by atoms with Gasteiger partial charge < -0.3 is 4.74 Å². The van der Waals surface area contributed by atoms with Crippen LogP contribution < -0.4 is 0 Å². The Labute approximate surface area is 70.6 Å². The molecular formula is C5H9ClO4S. The van der Waals surface area contributed by atoms with Crippen molar-refractivity contribution in [1.29, 1.82) is 0 Å². The molecule has 0 aromatic rings. The second-order valence-electron chi connectivity index (χ2n) is 2.40. The minimum absolute atomic E-state index is 0.137. The van der Waals surface area contributed by atoms with Gasteiger partial charge in [-0.1, -0.05) is 0 Å². The van der Waals surface area contributed by atoms with Crippen LogP contribution in [0.2, 0.25) is 0 Å². The highest BCUT2D eigenvalue weighted by molar-refractivity contribution is 7.86. The largest absolute Gasteiger partial charge is 0.350 e. The number of hydrogen-bond donors (Lipinski definition) is 0. The molecule has 1 fully saturated rings. The predicted octanol–water partition coefficient (Wildman–Crippen LogP) is 0.316. The van der Waals surface area contributed by atoms with E-state index in [-0.39, 0.29) is 5.38 Å². The van der Waals surface area contributed by atoms with Crippen LogP contribution in [0.5, 0.6) is 0 Å². The van der Waals surface area contributed by atoms with Crippen molar-refractivity contribution < 1.29 is 17.3 Å². The summed E-state index contributed by atoms with van der Waals surface area (Å²) in [5, 5.41) is -0.137. The molecule has 0 bridgehead atoms. The fourth-order valence-electron chi connectivity index (χ4n) is 0.819. The first kappa shape index (κ1) is 9.25. The summed E-state index contributed by atoms with van der Waals surface area (Å²) in [6.45, 7) is 0.349. The first-order chi connectivity index (χ1) is 4.97. The summed E-state index contributed by atoms with van der Waals surface area (Å²) in [6, 6.07) is 0. The van der Waals surface area contributed by atoms with E-state index in [9.17, 15) is 8.42 Å². The average Bonchev–Trinajstić information content (AvgIpc) is 2.10. The monoisotopic (exact) mass is 200 g/mol. The molecule has 1 rings (SSSR count). The molecule has 1 heterocycles. The van der Waals surface area contributed by atoms with Crippen LogP contribution in [0.4, 0.5) is 0 Å². The molecule has 0 amide bonds. The Bertz CT molecular complexity index is 225. The molecule has 66 valence electrons. The Morgan fingerprint density at radius 3 is 2.64 bits per heavy atom. The number of alkyl halides is 1. The Morgan fingerprint density at radius 2 is 2.27 bits per heavy atom. The van der Waals surface area contributed by atoms with Crippen molar-refractivity contribution in [1.82, 2.24) is 0 Å². The molecule has 1 aliphatic heterocycles. The average molecular weight is 201 g/mol. The Kier molecular flexibility index (Phi) is 2.74. The lowest BCUT2D eigenvalue weighted by Crippen LogP contribution is -2.15. The van der Waals surface area contributed by atoms with E-state index >= 15 is 0 Å². The van der Waals surface area contributed by atoms with Gasteiger partial charge in [0.25, 0.3) is 10.1 Å². The minimum atomic E-state index is -3.41. The topological polar surface area (TPSA) is 52.6 Å². The summed E-state index contributed by atoms with van der Waals surface area (Å²) < 4.78 is 30.5. The van der Waals surface area contributed by atoms with Gasteiger partial charge >= 0.3 is 0 Å². The highest BCUT2D eigenvalue weighted by Gasteiger charge is 2.27. The predicted molar refractivity (Wildman–Crippen MR) is 39.9 cm³/mol. The van der Waals surface area contributed by atoms with Crippen molar-refractivity contribution in [3.63, 3.8) is 0 Å². The third-order valence-electron chi connectivity index (χ3n) is 1.19. The molecule has 0 aliphatic carbocycles. The molecule has 0 aromatic heterocycles. The smallest absolute Gasteiger partial charge is 0.266 e. The summed E-state index contributed by atoms with van der Waals surface area (Å²) in [5.74, 6) is 0. The molecule has 0 N–H and O–H groups in total. The van der Waals surface area contributed by atoms with Gasteiger partial charge in [-0.2, -0.15) is 8.42 Å². The molecule has 11 heavy (non-hydrogen) atoms. The maximum Gasteiger partial charge on any atom is 0.266 e. The van der Waals surface area contributed by atoms with Gasteiger partial charge in [0.2, 0.25) is 0 Å². The van der Waals surface area contributed by atoms with Crippen LogP contribution in [0.1, 0.15) is 6.42 Å². The van der Waals surface area contributed by atoms with E-state index < -0.39 is 16.4 Å². The van der Waals surface area contributed by atoms with E-state index in [2.05, 4.69) is 4.18 Å². The summed E-state index contributed by atoms with van der Waals surface area (Å²) >= 11 is 5.64. The molecule has 2 unspecified atom stereocenters. The zero-order valence-corrected chi connectivity index (χ0v) is 7.56. The zero-order chi connectivity index (χ0) is 8.48. The van der Waals surface area contributed by atoms with Gasteiger partial charge in [-0.3, -0.25) is 0 Å². The second-order valence-corrected chi connectivity index (χ2v) is 4.61. The van der Waals surface area contributed by atoms with Crippen LogP contribution in [-0.2, 0) is 19.0 Å². The fraction of sp³-hybridized carbons (Fsp3) is 1.00. The second kappa shape index (κ2) is 3.26. The number of hydrogen-bond acceptors (Lipinski definition) is 4. The van der Waals surface area contributed by atoms with E-state index in [0.29, 0.717) is 13.0 Å². The molecular weight excluding hydrogens is 192 g/mol. The van der Waals surface area contributed by atoms with Crippen LogP contribution >= 0.6 is 11.6 Å². The van der Waals surface area contributed by atoms with Gasteiger partial charge in [0.15, 0.2) is 6.29 Å². The van der Waals surface area contributed by atoms with E-state index in [1.54, 1.807) is 0 Å². The lowest BCUT2D eigenvalue weighted by Gasteiger charge is -2.06. The first-order valence-electron chi connectivity index (χ1n) is 3.11. The summed E-state index contributed by atoms with van der Waals surface area (Å²) in [7, 11) is -3.41. The van der Waals surface area contributed by atoms with Crippen LogP contribution in [0.3, 0.4) is 0 Å². The van der Waals surface area contributed by atoms with Crippen LogP contribution in [0.15, 0.2) is 0 Å². The molecule has 6 heteroatoms. The van der Waals surface area contributed by atoms with Crippen LogP contribution in [0, 0.1) is 0 Å². The van der Waals surface area contributed by atoms with Gasteiger partial charge in [-0.05, 0) is 0 Å². The Balaban J connectivity index is 2.41. The maximum absolute atomic E-state index is 10.5. The Hall–Kier alpha value is 0.160. The van der Waals surface area contributed by atoms with E-state index in [1.165, 1.54) is 0 Å². The molecule has 0 saturated carbocycles. The van der Waals surface area contributed by atoms with Gasteiger partial charge in [-0.15, -0.1) is 11.6 Å². The SMILES string of the molecule is CS(=O)(=O)OC1CC(Cl)CO1. The Morgan fingerprint density at radius 1 is 1.64 bits per heavy atom. The van der Waals surface area contributed by atoms with Crippen LogP contribution in [0.25, 0.3) is 0 Å². The standard InChI is InChI=1S/C5H9ClO4S/c1-11(7,8)10-5-2-4(6)3-9-5/h4-5H,2-3H2,1H3. The van der Waals surface area contributed by atoms with E-state index in [0.717, 1.165) is 6.26 Å². The lowest BCUT2D eigenvalue weighted by atomic mass is 10.4. The van der Waals surface area contributed by atoms with Gasteiger partial charge in [-0.25, -0.2) is 4.18 Å². The highest BCUT2D eigenvalue weighted by atomic mass is 35.5. The lowest BCUT2D eigenvalue weighted by molar-refractivity contribution is -0.0338. The number of halogens is 1. The summed E-state index contributed by atoms with van der Waals surface area (Å²) in [4.78, 5) is 0. The van der Waals surface area contributed by atoms with Crippen molar-refractivity contribution in [3.05, 3.63) is 0 Å². The van der Waals surface area contributed by atoms with Crippen molar-refractivity contribution in [3.8, 4) is 0 Å². The minimum Gasteiger partial charge on any atom is -0.350 e. The quantitative estimate of drug-likeness (QED) is 0.476. The van der Waals surface area contributed by atoms with Crippen molar-refractivity contribution in [2.45, 2.75) is 18.1 Å². The third-order valence-corrected chi connectivity index (χ3v) is 2.06. The molecule has 1 saturated heterocycles. The van der Waals surface area contributed by atoms with Gasteiger partial charge in [0, 0.05) is 6.42 Å². The molecule has 0 spiro atoms. The van der Waals surface area contributed by atoms with Gasteiger partial charge in [0.1, 0.15) is 0 Å². The number of ether oxygens (including phenoxy) is 1. The van der Waals surface area contributed by atoms with Crippen molar-refractivity contribution in [2.75, 3.05) is 12.9 Å². The number of rotatable bonds is 2. The van der Waals surface area contributed by atoms with Crippen molar-refractivity contribution in [2.24, 2.45) is 0 Å². The zero-order valence-electron chi connectivity index (χ0n) is 5.99. The maximum atomic E-state index is 10.5.